The van der Waals surface area contributed by atoms with Crippen LogP contribution in [0.3, 0.4) is 0 Å². The number of imidazole rings is 1. The first kappa shape index (κ1) is 18.3. The first-order valence-corrected chi connectivity index (χ1v) is 10.00. The molecule has 28 heavy (non-hydrogen) atoms. The fraction of sp³-hybridized carbons (Fsp3) is 0.125. The largest absolute Gasteiger partial charge is 0.446 e. The maximum absolute atomic E-state index is 13.5. The Bertz CT molecular complexity index is 1410. The minimum absolute atomic E-state index is 0.00938. The van der Waals surface area contributed by atoms with Crippen LogP contribution in [0.15, 0.2) is 39.8 Å². The number of halogens is 2. The van der Waals surface area contributed by atoms with Crippen LogP contribution in [0.1, 0.15) is 5.82 Å². The van der Waals surface area contributed by atoms with Gasteiger partial charge in [0.05, 0.1) is 22.5 Å². The van der Waals surface area contributed by atoms with Gasteiger partial charge in [-0.3, -0.25) is 4.52 Å². The number of fused-ring (bicyclic) bond motifs is 1. The summed E-state index contributed by atoms with van der Waals surface area (Å²) in [5, 5.41) is 3.57. The summed E-state index contributed by atoms with van der Waals surface area (Å²) in [5.41, 5.74) is 0.722. The van der Waals surface area contributed by atoms with Crippen LogP contribution in [-0.4, -0.2) is 38.3 Å². The summed E-state index contributed by atoms with van der Waals surface area (Å²) in [6, 6.07) is 5.12. The molecule has 144 valence electrons. The highest BCUT2D eigenvalue weighted by atomic mass is 35.5. The molecule has 0 saturated carbocycles. The van der Waals surface area contributed by atoms with Gasteiger partial charge in [-0.1, -0.05) is 16.8 Å². The third kappa shape index (κ3) is 2.79. The number of aryl methyl sites for hydroxylation is 1. The summed E-state index contributed by atoms with van der Waals surface area (Å²) in [6.45, 7) is 1.52. The maximum Gasteiger partial charge on any atom is 0.446 e. The molecule has 4 aromatic rings. The summed E-state index contributed by atoms with van der Waals surface area (Å²) in [5.74, 6) is -1.33. The summed E-state index contributed by atoms with van der Waals surface area (Å²) in [7, 11) is -3.73. The first-order valence-electron chi connectivity index (χ1n) is 7.77. The van der Waals surface area contributed by atoms with Crippen molar-refractivity contribution in [1.29, 1.82) is 0 Å². The van der Waals surface area contributed by atoms with Crippen LogP contribution in [-0.2, 0) is 10.0 Å². The lowest BCUT2D eigenvalue weighted by Gasteiger charge is -2.09. The van der Waals surface area contributed by atoms with Gasteiger partial charge in [-0.05, 0) is 31.2 Å². The lowest BCUT2D eigenvalue weighted by atomic mass is 10.2. The molecule has 3 heterocycles. The molecule has 0 saturated heterocycles. The minimum atomic E-state index is -3.73. The maximum atomic E-state index is 13.5. The van der Waals surface area contributed by atoms with Gasteiger partial charge in [0.25, 0.3) is 0 Å². The average Bonchev–Trinajstić information content (AvgIpc) is 3.16. The van der Waals surface area contributed by atoms with Crippen molar-refractivity contribution in [3.8, 4) is 17.1 Å². The van der Waals surface area contributed by atoms with Gasteiger partial charge < -0.3 is 0 Å². The van der Waals surface area contributed by atoms with E-state index >= 15 is 0 Å². The lowest BCUT2D eigenvalue weighted by Crippen LogP contribution is -2.15. The van der Waals surface area contributed by atoms with Crippen LogP contribution < -0.4 is 5.76 Å². The van der Waals surface area contributed by atoms with Gasteiger partial charge >= 0.3 is 5.76 Å². The van der Waals surface area contributed by atoms with Gasteiger partial charge in [-0.2, -0.15) is 0 Å². The third-order valence-corrected chi connectivity index (χ3v) is 5.41. The van der Waals surface area contributed by atoms with E-state index in [2.05, 4.69) is 15.1 Å². The predicted octanol–water partition coefficient (Wildman–Crippen LogP) is 2.15. The van der Waals surface area contributed by atoms with Crippen molar-refractivity contribution >= 4 is 32.8 Å². The Kier molecular flexibility index (Phi) is 4.08. The van der Waals surface area contributed by atoms with Crippen LogP contribution in [0.5, 0.6) is 0 Å². The molecular formula is C16H11ClFN5O4S. The molecular weight excluding hydrogens is 413 g/mol. The van der Waals surface area contributed by atoms with E-state index < -0.39 is 21.6 Å². The smallest absolute Gasteiger partial charge is 0.295 e. The van der Waals surface area contributed by atoms with Crippen molar-refractivity contribution in [3.63, 3.8) is 0 Å². The molecule has 0 amide bonds. The Morgan fingerprint density at radius 2 is 2.00 bits per heavy atom. The molecule has 0 spiro atoms. The van der Waals surface area contributed by atoms with Crippen molar-refractivity contribution < 1.29 is 17.3 Å². The fourth-order valence-corrected chi connectivity index (χ4v) is 4.15. The molecule has 3 aromatic heterocycles. The monoisotopic (exact) mass is 423 g/mol. The highest BCUT2D eigenvalue weighted by Gasteiger charge is 2.24. The van der Waals surface area contributed by atoms with Gasteiger partial charge in [0.1, 0.15) is 17.2 Å². The lowest BCUT2D eigenvalue weighted by molar-refractivity contribution is 0.383. The Hall–Kier alpha value is -3.05. The van der Waals surface area contributed by atoms with Crippen LogP contribution in [0.25, 0.3) is 28.2 Å². The summed E-state index contributed by atoms with van der Waals surface area (Å²) >= 11 is 5.82. The van der Waals surface area contributed by atoms with E-state index in [0.717, 1.165) is 20.9 Å². The quantitative estimate of drug-likeness (QED) is 0.496. The van der Waals surface area contributed by atoms with Crippen molar-refractivity contribution in [1.82, 2.24) is 23.7 Å². The van der Waals surface area contributed by atoms with E-state index in [1.807, 2.05) is 0 Å². The molecule has 0 bridgehead atoms. The van der Waals surface area contributed by atoms with Crippen molar-refractivity contribution in [2.75, 3.05) is 6.26 Å². The number of hydrogen-bond acceptors (Lipinski definition) is 7. The second kappa shape index (κ2) is 6.24. The third-order valence-electron chi connectivity index (χ3n) is 4.01. The van der Waals surface area contributed by atoms with E-state index in [9.17, 15) is 17.6 Å². The molecule has 0 radical (unpaired) electrons. The van der Waals surface area contributed by atoms with Crippen LogP contribution >= 0.6 is 11.6 Å². The van der Waals surface area contributed by atoms with E-state index in [1.54, 1.807) is 0 Å². The molecule has 0 unspecified atom stereocenters. The van der Waals surface area contributed by atoms with Gasteiger partial charge in [-0.15, -0.1) is 0 Å². The van der Waals surface area contributed by atoms with Gasteiger partial charge in [0.15, 0.2) is 11.5 Å². The number of hydrogen-bond donors (Lipinski definition) is 0. The number of pyridine rings is 1. The van der Waals surface area contributed by atoms with E-state index in [-0.39, 0.29) is 39.1 Å². The molecule has 4 rings (SSSR count). The molecule has 0 fully saturated rings. The number of rotatable bonds is 3. The number of nitrogens with zero attached hydrogens (tertiary/aromatic N) is 5. The van der Waals surface area contributed by atoms with Crippen LogP contribution in [0.4, 0.5) is 4.39 Å². The van der Waals surface area contributed by atoms with Gasteiger partial charge in [-0.25, -0.2) is 36.1 Å². The van der Waals surface area contributed by atoms with Gasteiger partial charge in [0.2, 0.25) is 10.0 Å². The standard InChI is InChI=1S/C16H11ClFN5O4S/c1-8-20-14-13(23(8)28(2,25)26)10(5-6-19-14)15-21-27-16(24)22(15)9-3-4-12(18)11(17)7-9/h3-7H,1-2H3. The zero-order valence-electron chi connectivity index (χ0n) is 14.4. The molecule has 9 nitrogen and oxygen atoms in total. The summed E-state index contributed by atoms with van der Waals surface area (Å²) in [4.78, 5) is 20.5. The van der Waals surface area contributed by atoms with Gasteiger partial charge in [0, 0.05) is 6.20 Å². The van der Waals surface area contributed by atoms with E-state index in [0.29, 0.717) is 0 Å². The van der Waals surface area contributed by atoms with Crippen molar-refractivity contribution in [2.24, 2.45) is 0 Å². The Balaban J connectivity index is 2.09. The Morgan fingerprint density at radius 1 is 1.25 bits per heavy atom. The second-order valence-corrected chi connectivity index (χ2v) is 8.16. The second-order valence-electron chi connectivity index (χ2n) is 5.92. The molecule has 0 aliphatic heterocycles. The fourth-order valence-electron chi connectivity index (χ4n) is 2.94. The highest BCUT2D eigenvalue weighted by Crippen LogP contribution is 2.29. The SMILES string of the molecule is Cc1nc2nccc(-c3noc(=O)n3-c3ccc(F)c(Cl)c3)c2n1S(C)(=O)=O. The summed E-state index contributed by atoms with van der Waals surface area (Å²) < 4.78 is 44.9. The molecule has 1 aromatic carbocycles. The van der Waals surface area contributed by atoms with Crippen LogP contribution in [0.2, 0.25) is 5.02 Å². The summed E-state index contributed by atoms with van der Waals surface area (Å²) in [6.07, 6.45) is 2.42. The topological polar surface area (TPSA) is 113 Å². The average molecular weight is 424 g/mol. The van der Waals surface area contributed by atoms with E-state index in [4.69, 9.17) is 16.1 Å². The van der Waals surface area contributed by atoms with Crippen molar-refractivity contribution in [2.45, 2.75) is 6.92 Å². The zero-order chi connectivity index (χ0) is 20.2. The predicted molar refractivity (Wildman–Crippen MR) is 98.6 cm³/mol. The van der Waals surface area contributed by atoms with Crippen molar-refractivity contribution in [3.05, 3.63) is 57.7 Å². The minimum Gasteiger partial charge on any atom is -0.295 e. The molecule has 0 aliphatic carbocycles. The first-order chi connectivity index (χ1) is 13.2. The molecule has 0 N–H and O–H groups in total. The molecule has 0 atom stereocenters. The Morgan fingerprint density at radius 3 is 2.68 bits per heavy atom. The molecule has 12 heteroatoms. The normalized spacial score (nSPS) is 12.0. The number of aromatic nitrogens is 5. The Labute approximate surface area is 162 Å². The highest BCUT2D eigenvalue weighted by molar-refractivity contribution is 7.89. The molecule has 0 aliphatic rings. The number of benzene rings is 1. The van der Waals surface area contributed by atoms with E-state index in [1.165, 1.54) is 31.3 Å². The van der Waals surface area contributed by atoms with Crippen LogP contribution in [0, 0.1) is 12.7 Å². The zero-order valence-corrected chi connectivity index (χ0v) is 16.0.